The van der Waals surface area contributed by atoms with Gasteiger partial charge in [0.05, 0.1) is 6.61 Å². The number of benzene rings is 1. The zero-order chi connectivity index (χ0) is 12.8. The molecular weight excluding hydrogens is 236 g/mol. The van der Waals surface area contributed by atoms with Gasteiger partial charge in [-0.3, -0.25) is 4.79 Å². The first-order valence-corrected chi connectivity index (χ1v) is 6.49. The second kappa shape index (κ2) is 6.65. The van der Waals surface area contributed by atoms with Crippen LogP contribution >= 0.6 is 11.6 Å². The second-order valence-corrected chi connectivity index (χ2v) is 4.58. The third kappa shape index (κ3) is 3.74. The molecule has 0 saturated heterocycles. The lowest BCUT2D eigenvalue weighted by Gasteiger charge is -2.13. The van der Waals surface area contributed by atoms with Crippen LogP contribution in [0.1, 0.15) is 49.0 Å². The van der Waals surface area contributed by atoms with E-state index in [2.05, 4.69) is 13.8 Å². The van der Waals surface area contributed by atoms with Crippen molar-refractivity contribution < 1.29 is 9.53 Å². The monoisotopic (exact) mass is 254 g/mol. The Morgan fingerprint density at radius 1 is 1.41 bits per heavy atom. The van der Waals surface area contributed by atoms with Crippen LogP contribution in [0, 0.1) is 0 Å². The van der Waals surface area contributed by atoms with Gasteiger partial charge in [-0.05, 0) is 36.6 Å². The van der Waals surface area contributed by atoms with Crippen LogP contribution in [0.3, 0.4) is 0 Å². The number of ether oxygens (including phenoxy) is 1. The van der Waals surface area contributed by atoms with E-state index in [9.17, 15) is 4.79 Å². The molecular formula is C14H19ClO2. The predicted molar refractivity (Wildman–Crippen MR) is 71.4 cm³/mol. The standard InChI is InChI=1S/C14H19ClO2/c1-4-17-11-5-6-12(14(16)7-8-15)13(9-11)10(2)3/h5-6,9-10H,4,7-8H2,1-3H3. The highest BCUT2D eigenvalue weighted by Gasteiger charge is 2.14. The van der Waals surface area contributed by atoms with Gasteiger partial charge >= 0.3 is 0 Å². The van der Waals surface area contributed by atoms with Gasteiger partial charge < -0.3 is 4.74 Å². The topological polar surface area (TPSA) is 26.3 Å². The van der Waals surface area contributed by atoms with E-state index in [1.807, 2.05) is 25.1 Å². The summed E-state index contributed by atoms with van der Waals surface area (Å²) in [6, 6.07) is 5.64. The molecule has 1 rings (SSSR count). The van der Waals surface area contributed by atoms with E-state index >= 15 is 0 Å². The lowest BCUT2D eigenvalue weighted by Crippen LogP contribution is -2.06. The first kappa shape index (κ1) is 14.0. The van der Waals surface area contributed by atoms with Crippen LogP contribution in [0.4, 0.5) is 0 Å². The van der Waals surface area contributed by atoms with Crippen molar-refractivity contribution in [2.45, 2.75) is 33.1 Å². The molecule has 0 heterocycles. The molecule has 17 heavy (non-hydrogen) atoms. The highest BCUT2D eigenvalue weighted by atomic mass is 35.5. The molecule has 94 valence electrons. The number of rotatable bonds is 6. The van der Waals surface area contributed by atoms with E-state index in [0.717, 1.165) is 16.9 Å². The highest BCUT2D eigenvalue weighted by Crippen LogP contribution is 2.26. The van der Waals surface area contributed by atoms with Crippen molar-refractivity contribution in [3.05, 3.63) is 29.3 Å². The van der Waals surface area contributed by atoms with Crippen molar-refractivity contribution >= 4 is 17.4 Å². The van der Waals surface area contributed by atoms with E-state index < -0.39 is 0 Å². The van der Waals surface area contributed by atoms with E-state index in [1.165, 1.54) is 0 Å². The zero-order valence-corrected chi connectivity index (χ0v) is 11.4. The third-order valence-corrected chi connectivity index (χ3v) is 2.77. The number of Topliss-reactive ketones (excluding diaryl/α,β-unsaturated/α-hetero) is 1. The Morgan fingerprint density at radius 3 is 2.65 bits per heavy atom. The van der Waals surface area contributed by atoms with Crippen LogP contribution in [0.15, 0.2) is 18.2 Å². The van der Waals surface area contributed by atoms with Gasteiger partial charge in [-0.25, -0.2) is 0 Å². The molecule has 0 radical (unpaired) electrons. The maximum absolute atomic E-state index is 11.9. The number of alkyl halides is 1. The summed E-state index contributed by atoms with van der Waals surface area (Å²) in [5.41, 5.74) is 1.80. The van der Waals surface area contributed by atoms with E-state index in [1.54, 1.807) is 0 Å². The van der Waals surface area contributed by atoms with Gasteiger partial charge in [-0.1, -0.05) is 13.8 Å². The Bertz CT molecular complexity index is 386. The Balaban J connectivity index is 3.08. The summed E-state index contributed by atoms with van der Waals surface area (Å²) in [6.07, 6.45) is 0.384. The maximum atomic E-state index is 11.9. The average Bonchev–Trinajstić information content (AvgIpc) is 2.29. The highest BCUT2D eigenvalue weighted by molar-refractivity contribution is 6.19. The van der Waals surface area contributed by atoms with Gasteiger partial charge in [0.25, 0.3) is 0 Å². The summed E-state index contributed by atoms with van der Waals surface area (Å²) < 4.78 is 5.45. The summed E-state index contributed by atoms with van der Waals surface area (Å²) in [4.78, 5) is 11.9. The molecule has 0 spiro atoms. The van der Waals surface area contributed by atoms with Crippen LogP contribution < -0.4 is 4.74 Å². The zero-order valence-electron chi connectivity index (χ0n) is 10.6. The smallest absolute Gasteiger partial charge is 0.164 e. The van der Waals surface area contributed by atoms with Crippen molar-refractivity contribution in [1.29, 1.82) is 0 Å². The Labute approximate surface area is 108 Å². The van der Waals surface area contributed by atoms with Gasteiger partial charge in [0.15, 0.2) is 5.78 Å². The summed E-state index contributed by atoms with van der Waals surface area (Å²) in [6.45, 7) is 6.72. The number of carbonyl (C=O) groups is 1. The molecule has 1 aromatic carbocycles. The number of halogens is 1. The molecule has 0 aromatic heterocycles. The minimum Gasteiger partial charge on any atom is -0.494 e. The van der Waals surface area contributed by atoms with Crippen LogP contribution in [-0.2, 0) is 0 Å². The fourth-order valence-electron chi connectivity index (χ4n) is 1.75. The minimum absolute atomic E-state index is 0.103. The van der Waals surface area contributed by atoms with Crippen LogP contribution in [-0.4, -0.2) is 18.3 Å². The Hall–Kier alpha value is -1.02. The summed E-state index contributed by atoms with van der Waals surface area (Å²) >= 11 is 5.61. The van der Waals surface area contributed by atoms with E-state index in [0.29, 0.717) is 24.8 Å². The minimum atomic E-state index is 0.103. The SMILES string of the molecule is CCOc1ccc(C(=O)CCCl)c(C(C)C)c1. The van der Waals surface area contributed by atoms with Gasteiger partial charge in [-0.2, -0.15) is 0 Å². The molecule has 3 heteroatoms. The van der Waals surface area contributed by atoms with E-state index in [4.69, 9.17) is 16.3 Å². The average molecular weight is 255 g/mol. The van der Waals surface area contributed by atoms with Gasteiger partial charge in [-0.15, -0.1) is 11.6 Å². The van der Waals surface area contributed by atoms with Gasteiger partial charge in [0, 0.05) is 17.9 Å². The van der Waals surface area contributed by atoms with Crippen LogP contribution in [0.25, 0.3) is 0 Å². The van der Waals surface area contributed by atoms with Crippen LogP contribution in [0.2, 0.25) is 0 Å². The first-order valence-electron chi connectivity index (χ1n) is 5.96. The van der Waals surface area contributed by atoms with Crippen molar-refractivity contribution in [2.24, 2.45) is 0 Å². The number of hydrogen-bond acceptors (Lipinski definition) is 2. The Morgan fingerprint density at radius 2 is 2.12 bits per heavy atom. The van der Waals surface area contributed by atoms with Gasteiger partial charge in [0.2, 0.25) is 0 Å². The first-order chi connectivity index (χ1) is 8.10. The summed E-state index contributed by atoms with van der Waals surface area (Å²) in [5, 5.41) is 0. The fourth-order valence-corrected chi connectivity index (χ4v) is 1.92. The molecule has 0 N–H and O–H groups in total. The number of carbonyl (C=O) groups excluding carboxylic acids is 1. The fraction of sp³-hybridized carbons (Fsp3) is 0.500. The van der Waals surface area contributed by atoms with Crippen molar-refractivity contribution in [2.75, 3.05) is 12.5 Å². The summed E-state index contributed by atoms with van der Waals surface area (Å²) in [5.74, 6) is 1.58. The van der Waals surface area contributed by atoms with Gasteiger partial charge in [0.1, 0.15) is 5.75 Å². The molecule has 0 fully saturated rings. The molecule has 0 unspecified atom stereocenters. The molecule has 0 bridgehead atoms. The second-order valence-electron chi connectivity index (χ2n) is 4.20. The lowest BCUT2D eigenvalue weighted by atomic mass is 9.93. The van der Waals surface area contributed by atoms with E-state index in [-0.39, 0.29) is 5.78 Å². The lowest BCUT2D eigenvalue weighted by molar-refractivity contribution is 0.0988. The van der Waals surface area contributed by atoms with Crippen molar-refractivity contribution in [3.63, 3.8) is 0 Å². The molecule has 0 aliphatic carbocycles. The maximum Gasteiger partial charge on any atom is 0.164 e. The molecule has 0 aliphatic rings. The van der Waals surface area contributed by atoms with Crippen molar-refractivity contribution in [3.8, 4) is 5.75 Å². The normalized spacial score (nSPS) is 10.6. The molecule has 0 aliphatic heterocycles. The van der Waals surface area contributed by atoms with Crippen LogP contribution in [0.5, 0.6) is 5.75 Å². The third-order valence-electron chi connectivity index (χ3n) is 2.58. The number of hydrogen-bond donors (Lipinski definition) is 0. The molecule has 0 saturated carbocycles. The molecule has 0 atom stereocenters. The quantitative estimate of drug-likeness (QED) is 0.566. The molecule has 0 amide bonds. The Kier molecular flexibility index (Phi) is 5.49. The predicted octanol–water partition coefficient (Wildman–Crippen LogP) is 4.02. The summed E-state index contributed by atoms with van der Waals surface area (Å²) in [7, 11) is 0. The number of ketones is 1. The van der Waals surface area contributed by atoms with Crippen molar-refractivity contribution in [1.82, 2.24) is 0 Å². The largest absolute Gasteiger partial charge is 0.494 e. The molecule has 1 aromatic rings. The molecule has 2 nitrogen and oxygen atoms in total.